The lowest BCUT2D eigenvalue weighted by molar-refractivity contribution is -0.241. The normalized spacial score (nSPS) is 16.6. The number of carbonyl (C=O) groups is 1. The third-order valence-electron chi connectivity index (χ3n) is 5.51. The van der Waals surface area contributed by atoms with Gasteiger partial charge in [0.25, 0.3) is 0 Å². The molecule has 3 nitrogen and oxygen atoms in total. The number of benzene rings is 1. The van der Waals surface area contributed by atoms with E-state index in [0.29, 0.717) is 16.9 Å². The minimum atomic E-state index is -0.409. The van der Waals surface area contributed by atoms with Gasteiger partial charge in [-0.1, -0.05) is 59.1 Å². The molecule has 0 amide bonds. The highest BCUT2D eigenvalue weighted by Gasteiger charge is 2.31. The highest BCUT2D eigenvalue weighted by molar-refractivity contribution is 5.88. The van der Waals surface area contributed by atoms with Crippen LogP contribution in [0.1, 0.15) is 95.0 Å². The Labute approximate surface area is 159 Å². The Kier molecular flexibility index (Phi) is 8.15. The van der Waals surface area contributed by atoms with Crippen LogP contribution in [-0.2, 0) is 16.2 Å². The topological polar surface area (TPSA) is 35.5 Å². The average molecular weight is 360 g/mol. The summed E-state index contributed by atoms with van der Waals surface area (Å²) in [7, 11) is 0. The Balaban J connectivity index is 1.71. The van der Waals surface area contributed by atoms with Crippen molar-refractivity contribution in [1.82, 2.24) is 0 Å². The number of unbranched alkanes of at least 4 members (excludes halogenated alkanes) is 3. The van der Waals surface area contributed by atoms with Crippen molar-refractivity contribution in [1.29, 1.82) is 0 Å². The molecule has 0 N–H and O–H groups in total. The number of aryl methyl sites for hydroxylation is 1. The number of carbonyl (C=O) groups excluding carboxylic acids is 1. The van der Waals surface area contributed by atoms with Crippen LogP contribution in [-0.4, -0.2) is 5.97 Å². The molecule has 0 aliphatic heterocycles. The summed E-state index contributed by atoms with van der Waals surface area (Å²) in [6.45, 7) is 9.09. The fraction of sp³-hybridized carbons (Fsp3) is 0.652. The van der Waals surface area contributed by atoms with E-state index in [1.807, 2.05) is 24.3 Å². The zero-order valence-electron chi connectivity index (χ0n) is 17.0. The quantitative estimate of drug-likeness (QED) is 0.295. The molecular weight excluding hydrogens is 324 g/mol. The van der Waals surface area contributed by atoms with Gasteiger partial charge in [-0.15, -0.1) is 0 Å². The minimum absolute atomic E-state index is 0.334. The van der Waals surface area contributed by atoms with E-state index in [2.05, 4.69) is 27.7 Å². The summed E-state index contributed by atoms with van der Waals surface area (Å²) in [5.74, 6) is 0.295. The summed E-state index contributed by atoms with van der Waals surface area (Å²) in [6.07, 6.45) is 10.9. The van der Waals surface area contributed by atoms with E-state index in [-0.39, 0.29) is 0 Å². The molecule has 3 heteroatoms. The van der Waals surface area contributed by atoms with Gasteiger partial charge in [-0.3, -0.25) is 4.89 Å². The monoisotopic (exact) mass is 359 g/mol. The summed E-state index contributed by atoms with van der Waals surface area (Å²) in [5.41, 5.74) is 2.15. The highest BCUT2D eigenvalue weighted by atomic mass is 17.2. The average Bonchev–Trinajstić information content (AvgIpc) is 2.63. The fourth-order valence-corrected chi connectivity index (χ4v) is 3.60. The van der Waals surface area contributed by atoms with Crippen molar-refractivity contribution in [2.45, 2.75) is 85.5 Å². The first-order valence-corrected chi connectivity index (χ1v) is 10.2. The smallest absolute Gasteiger partial charge is 0.292 e. The standard InChI is InChI=1S/C23H35O3/c1-5-6-7-8-9-18-10-12-19(13-11-18)22(24)26-25-21-16-14-20(15-17-21)23(2,3)4/h10-13,20H,5-9,14-17H2,1-4H3. The van der Waals surface area contributed by atoms with Crippen LogP contribution in [0.4, 0.5) is 0 Å². The van der Waals surface area contributed by atoms with Gasteiger partial charge in [-0.05, 0) is 67.6 Å². The molecule has 0 atom stereocenters. The van der Waals surface area contributed by atoms with E-state index < -0.39 is 5.97 Å². The van der Waals surface area contributed by atoms with Gasteiger partial charge in [0, 0.05) is 0 Å². The van der Waals surface area contributed by atoms with Crippen molar-refractivity contribution in [2.75, 3.05) is 0 Å². The molecule has 0 aromatic heterocycles. The second-order valence-electron chi connectivity index (χ2n) is 8.64. The minimum Gasteiger partial charge on any atom is -0.292 e. The van der Waals surface area contributed by atoms with Crippen LogP contribution >= 0.6 is 0 Å². The van der Waals surface area contributed by atoms with Gasteiger partial charge >= 0.3 is 5.97 Å². The van der Waals surface area contributed by atoms with Crippen molar-refractivity contribution < 1.29 is 14.6 Å². The van der Waals surface area contributed by atoms with E-state index in [9.17, 15) is 4.79 Å². The molecule has 0 heterocycles. The first kappa shape index (κ1) is 21.0. The maximum Gasteiger partial charge on any atom is 0.373 e. The molecule has 0 unspecified atom stereocenters. The second-order valence-corrected chi connectivity index (χ2v) is 8.64. The van der Waals surface area contributed by atoms with Crippen LogP contribution in [0.3, 0.4) is 0 Å². The third-order valence-corrected chi connectivity index (χ3v) is 5.51. The van der Waals surface area contributed by atoms with E-state index in [1.54, 1.807) is 0 Å². The van der Waals surface area contributed by atoms with Crippen molar-refractivity contribution >= 4 is 5.97 Å². The molecule has 145 valence electrons. The molecule has 1 fully saturated rings. The molecule has 1 saturated carbocycles. The van der Waals surface area contributed by atoms with Crippen molar-refractivity contribution in [3.63, 3.8) is 0 Å². The zero-order chi connectivity index (χ0) is 19.0. The van der Waals surface area contributed by atoms with Gasteiger partial charge in [0.1, 0.15) is 6.10 Å². The summed E-state index contributed by atoms with van der Waals surface area (Å²) >= 11 is 0. The van der Waals surface area contributed by atoms with Crippen LogP contribution in [0.5, 0.6) is 0 Å². The lowest BCUT2D eigenvalue weighted by Crippen LogP contribution is -2.26. The Morgan fingerprint density at radius 2 is 1.69 bits per heavy atom. The van der Waals surface area contributed by atoms with Crippen LogP contribution in [0, 0.1) is 17.4 Å². The second kappa shape index (κ2) is 10.1. The first-order chi connectivity index (χ1) is 12.4. The molecule has 1 aromatic carbocycles. The van der Waals surface area contributed by atoms with Crippen LogP contribution in [0.15, 0.2) is 24.3 Å². The van der Waals surface area contributed by atoms with E-state index in [0.717, 1.165) is 38.2 Å². The van der Waals surface area contributed by atoms with Crippen LogP contribution in [0.25, 0.3) is 0 Å². The zero-order valence-corrected chi connectivity index (χ0v) is 17.0. The Morgan fingerprint density at radius 3 is 2.27 bits per heavy atom. The number of hydrogen-bond donors (Lipinski definition) is 0. The van der Waals surface area contributed by atoms with Crippen molar-refractivity contribution in [3.05, 3.63) is 41.5 Å². The molecule has 0 saturated heterocycles. The van der Waals surface area contributed by atoms with Gasteiger partial charge in [0.05, 0.1) is 5.56 Å². The Morgan fingerprint density at radius 1 is 1.04 bits per heavy atom. The lowest BCUT2D eigenvalue weighted by Gasteiger charge is -2.35. The summed E-state index contributed by atoms with van der Waals surface area (Å²) < 4.78 is 0. The first-order valence-electron chi connectivity index (χ1n) is 10.2. The predicted octanol–water partition coefficient (Wildman–Crippen LogP) is 6.67. The largest absolute Gasteiger partial charge is 0.373 e. The van der Waals surface area contributed by atoms with E-state index in [1.165, 1.54) is 31.2 Å². The molecule has 0 bridgehead atoms. The number of rotatable bonds is 8. The maximum absolute atomic E-state index is 12.2. The van der Waals surface area contributed by atoms with Gasteiger partial charge in [0.2, 0.25) is 0 Å². The summed E-state index contributed by atoms with van der Waals surface area (Å²) in [4.78, 5) is 22.6. The predicted molar refractivity (Wildman–Crippen MR) is 105 cm³/mol. The van der Waals surface area contributed by atoms with Crippen LogP contribution in [0.2, 0.25) is 0 Å². The number of hydrogen-bond acceptors (Lipinski definition) is 3. The summed E-state index contributed by atoms with van der Waals surface area (Å²) in [5, 5.41) is 0. The molecule has 0 spiro atoms. The lowest BCUT2D eigenvalue weighted by atomic mass is 9.72. The molecule has 26 heavy (non-hydrogen) atoms. The van der Waals surface area contributed by atoms with Gasteiger partial charge in [0.15, 0.2) is 0 Å². The molecule has 1 aliphatic carbocycles. The molecule has 2 rings (SSSR count). The van der Waals surface area contributed by atoms with E-state index >= 15 is 0 Å². The SMILES string of the molecule is CCCCCCc1ccc(C(=O)OO[C]2CCC(C(C)(C)C)CC2)cc1. The third kappa shape index (κ3) is 6.75. The maximum atomic E-state index is 12.2. The van der Waals surface area contributed by atoms with Gasteiger partial charge in [-0.2, -0.15) is 4.89 Å². The molecular formula is C23H35O3. The Bertz CT molecular complexity index is 534. The van der Waals surface area contributed by atoms with Crippen molar-refractivity contribution in [2.24, 2.45) is 11.3 Å². The van der Waals surface area contributed by atoms with Gasteiger partial charge in [-0.25, -0.2) is 4.79 Å². The van der Waals surface area contributed by atoms with E-state index in [4.69, 9.17) is 9.78 Å². The molecule has 1 aliphatic rings. The molecule has 1 aromatic rings. The molecule has 1 radical (unpaired) electrons. The van der Waals surface area contributed by atoms with Crippen LogP contribution < -0.4 is 0 Å². The summed E-state index contributed by atoms with van der Waals surface area (Å²) in [6, 6.07) is 7.71. The van der Waals surface area contributed by atoms with Gasteiger partial charge < -0.3 is 0 Å². The Hall–Kier alpha value is -1.35. The highest BCUT2D eigenvalue weighted by Crippen LogP contribution is 2.40. The van der Waals surface area contributed by atoms with Crippen molar-refractivity contribution in [3.8, 4) is 0 Å². The fourth-order valence-electron chi connectivity index (χ4n) is 3.60.